The highest BCUT2D eigenvalue weighted by molar-refractivity contribution is 6.32. The summed E-state index contributed by atoms with van der Waals surface area (Å²) in [5.74, 6) is -0.0970. The van der Waals surface area contributed by atoms with Gasteiger partial charge in [0.2, 0.25) is 5.91 Å². The van der Waals surface area contributed by atoms with Crippen molar-refractivity contribution < 1.29 is 4.79 Å². The molecule has 0 radical (unpaired) electrons. The number of para-hydroxylation sites is 1. The maximum Gasteiger partial charge on any atom is 0.369 e. The van der Waals surface area contributed by atoms with E-state index in [4.69, 9.17) is 11.6 Å². The van der Waals surface area contributed by atoms with Gasteiger partial charge in [-0.2, -0.15) is 9.36 Å². The van der Waals surface area contributed by atoms with Gasteiger partial charge in [-0.05, 0) is 49.2 Å². The third-order valence-electron chi connectivity index (χ3n) is 4.82. The molecule has 1 aromatic heterocycles. The Morgan fingerprint density at radius 3 is 2.58 bits per heavy atom. The Balaban J connectivity index is 1.81. The van der Waals surface area contributed by atoms with Crippen LogP contribution in [-0.2, 0) is 11.3 Å². The number of carbonyl (C=O) groups is 1. The van der Waals surface area contributed by atoms with Crippen LogP contribution in [0.25, 0.3) is 5.69 Å². The molecule has 8 heteroatoms. The molecule has 1 heterocycles. The van der Waals surface area contributed by atoms with Gasteiger partial charge in [0.05, 0.1) is 10.7 Å². The highest BCUT2D eigenvalue weighted by Gasteiger charge is 2.28. The number of halogens is 1. The molecule has 0 spiro atoms. The Bertz CT molecular complexity index is 823. The molecule has 140 valence electrons. The fourth-order valence-corrected chi connectivity index (χ4v) is 3.85. The van der Waals surface area contributed by atoms with Crippen LogP contribution in [0.4, 0.5) is 0 Å². The minimum atomic E-state index is -0.473. The summed E-state index contributed by atoms with van der Waals surface area (Å²) in [6, 6.07) is 7.23. The van der Waals surface area contributed by atoms with Crippen molar-refractivity contribution in [2.45, 2.75) is 64.6 Å². The molecule has 1 aromatic carbocycles. The smallest absolute Gasteiger partial charge is 0.336 e. The number of amides is 1. The van der Waals surface area contributed by atoms with Gasteiger partial charge in [-0.15, -0.1) is 0 Å². The van der Waals surface area contributed by atoms with Crippen LogP contribution >= 0.6 is 11.6 Å². The van der Waals surface area contributed by atoms with Gasteiger partial charge < -0.3 is 4.90 Å². The summed E-state index contributed by atoms with van der Waals surface area (Å²) < 4.78 is 2.22. The van der Waals surface area contributed by atoms with Gasteiger partial charge in [-0.3, -0.25) is 4.79 Å². The molecule has 1 aliphatic rings. The fraction of sp³-hybridized carbons (Fsp3) is 0.556. The van der Waals surface area contributed by atoms with E-state index in [0.717, 1.165) is 35.0 Å². The first-order valence-corrected chi connectivity index (χ1v) is 9.45. The lowest BCUT2D eigenvalue weighted by Crippen LogP contribution is -2.48. The van der Waals surface area contributed by atoms with Gasteiger partial charge in [0.25, 0.3) is 0 Å². The Labute approximate surface area is 157 Å². The predicted molar refractivity (Wildman–Crippen MR) is 99.5 cm³/mol. The van der Waals surface area contributed by atoms with Crippen LogP contribution in [-0.4, -0.2) is 42.7 Å². The fourth-order valence-electron chi connectivity index (χ4n) is 3.63. The third kappa shape index (κ3) is 3.82. The number of benzene rings is 1. The highest BCUT2D eigenvalue weighted by atomic mass is 35.5. The van der Waals surface area contributed by atoms with Crippen LogP contribution in [0.1, 0.15) is 46.0 Å². The minimum Gasteiger partial charge on any atom is -0.336 e. The minimum absolute atomic E-state index is 0.0833. The van der Waals surface area contributed by atoms with Gasteiger partial charge >= 0.3 is 5.69 Å². The first-order valence-electron chi connectivity index (χ1n) is 9.08. The summed E-state index contributed by atoms with van der Waals surface area (Å²) in [6.45, 7) is 3.91. The molecule has 0 aliphatic heterocycles. The summed E-state index contributed by atoms with van der Waals surface area (Å²) in [5, 5.41) is 8.15. The van der Waals surface area contributed by atoms with E-state index in [0.29, 0.717) is 10.7 Å². The summed E-state index contributed by atoms with van der Waals surface area (Å²) in [5.41, 5.74) is -0.0235. The molecule has 1 aliphatic carbocycles. The van der Waals surface area contributed by atoms with E-state index in [1.165, 1.54) is 6.42 Å². The Hall–Kier alpha value is -2.15. The molecule has 7 nitrogen and oxygen atoms in total. The molecule has 3 rings (SSSR count). The first-order chi connectivity index (χ1) is 12.5. The monoisotopic (exact) mass is 377 g/mol. The molecule has 1 fully saturated rings. The van der Waals surface area contributed by atoms with Gasteiger partial charge in [0.1, 0.15) is 6.54 Å². The summed E-state index contributed by atoms with van der Waals surface area (Å²) in [4.78, 5) is 27.4. The zero-order chi connectivity index (χ0) is 18.7. The largest absolute Gasteiger partial charge is 0.369 e. The third-order valence-corrected chi connectivity index (χ3v) is 5.14. The van der Waals surface area contributed by atoms with Gasteiger partial charge in [0.15, 0.2) is 0 Å². The molecule has 26 heavy (non-hydrogen) atoms. The second kappa shape index (κ2) is 8.03. The van der Waals surface area contributed by atoms with Crippen molar-refractivity contribution in [2.75, 3.05) is 0 Å². The van der Waals surface area contributed by atoms with Gasteiger partial charge in [0, 0.05) is 12.1 Å². The number of hydrogen-bond donors (Lipinski definition) is 0. The lowest BCUT2D eigenvalue weighted by Gasteiger charge is -2.37. The quantitative estimate of drug-likeness (QED) is 0.802. The molecular formula is C18H24ClN5O2. The maximum absolute atomic E-state index is 12.9. The lowest BCUT2D eigenvalue weighted by atomic mass is 9.93. The molecule has 1 saturated carbocycles. The van der Waals surface area contributed by atoms with Crippen molar-refractivity contribution in [1.29, 1.82) is 0 Å². The molecule has 1 amide bonds. The number of rotatable bonds is 5. The van der Waals surface area contributed by atoms with E-state index >= 15 is 0 Å². The van der Waals surface area contributed by atoms with Crippen LogP contribution in [0.5, 0.6) is 0 Å². The summed E-state index contributed by atoms with van der Waals surface area (Å²) >= 11 is 6.13. The zero-order valence-corrected chi connectivity index (χ0v) is 15.9. The number of nitrogens with zero attached hydrogens (tertiary/aromatic N) is 5. The number of carbonyl (C=O) groups excluding carboxylic acids is 1. The van der Waals surface area contributed by atoms with Crippen LogP contribution in [0, 0.1) is 0 Å². The Kier molecular flexibility index (Phi) is 5.76. The van der Waals surface area contributed by atoms with E-state index in [1.54, 1.807) is 24.3 Å². The molecular weight excluding hydrogens is 354 g/mol. The van der Waals surface area contributed by atoms with Crippen molar-refractivity contribution in [3.8, 4) is 5.69 Å². The van der Waals surface area contributed by atoms with Crippen molar-refractivity contribution >= 4 is 17.5 Å². The zero-order valence-electron chi connectivity index (χ0n) is 15.1. The van der Waals surface area contributed by atoms with Crippen LogP contribution in [0.15, 0.2) is 29.1 Å². The van der Waals surface area contributed by atoms with E-state index < -0.39 is 5.69 Å². The lowest BCUT2D eigenvalue weighted by molar-refractivity contribution is -0.137. The van der Waals surface area contributed by atoms with Crippen molar-refractivity contribution in [3.63, 3.8) is 0 Å². The van der Waals surface area contributed by atoms with Gasteiger partial charge in [-0.25, -0.2) is 4.79 Å². The van der Waals surface area contributed by atoms with E-state index in [9.17, 15) is 9.59 Å². The second-order valence-electron chi connectivity index (χ2n) is 6.97. The average molecular weight is 378 g/mol. The number of aromatic nitrogens is 4. The van der Waals surface area contributed by atoms with Gasteiger partial charge in [-0.1, -0.05) is 43.0 Å². The van der Waals surface area contributed by atoms with Crippen molar-refractivity contribution in [3.05, 3.63) is 39.8 Å². The topological polar surface area (TPSA) is 73.0 Å². The standard InChI is InChI=1S/C18H24ClN5O2/c1-13(2)23(14-8-4-3-5-9-14)17(25)12-22-18(26)24(21-20-22)16-11-7-6-10-15(16)19/h6-7,10-11,13-14H,3-5,8-9,12H2,1-2H3. The molecule has 0 saturated heterocycles. The average Bonchev–Trinajstić information content (AvgIpc) is 2.97. The molecule has 0 N–H and O–H groups in total. The van der Waals surface area contributed by atoms with Crippen LogP contribution in [0.3, 0.4) is 0 Å². The first kappa shape index (κ1) is 18.6. The molecule has 2 aromatic rings. The molecule has 0 atom stereocenters. The van der Waals surface area contributed by atoms with Crippen molar-refractivity contribution in [2.24, 2.45) is 0 Å². The van der Waals surface area contributed by atoms with Crippen molar-refractivity contribution in [1.82, 2.24) is 24.7 Å². The second-order valence-corrected chi connectivity index (χ2v) is 7.38. The number of hydrogen-bond acceptors (Lipinski definition) is 4. The SMILES string of the molecule is CC(C)N(C(=O)Cn1nnn(-c2ccccc2Cl)c1=O)C1CCCCC1. The van der Waals surface area contributed by atoms with E-state index in [-0.39, 0.29) is 24.5 Å². The maximum atomic E-state index is 12.9. The Morgan fingerprint density at radius 2 is 1.92 bits per heavy atom. The molecule has 0 bridgehead atoms. The summed E-state index contributed by atoms with van der Waals surface area (Å²) in [7, 11) is 0. The van der Waals surface area contributed by atoms with Crippen LogP contribution in [0.2, 0.25) is 5.02 Å². The molecule has 0 unspecified atom stereocenters. The number of tetrazole rings is 1. The highest BCUT2D eigenvalue weighted by Crippen LogP contribution is 2.24. The van der Waals surface area contributed by atoms with E-state index in [2.05, 4.69) is 10.4 Å². The summed E-state index contributed by atoms with van der Waals surface area (Å²) in [6.07, 6.45) is 5.55. The Morgan fingerprint density at radius 1 is 1.23 bits per heavy atom. The predicted octanol–water partition coefficient (Wildman–Crippen LogP) is 2.65. The van der Waals surface area contributed by atoms with E-state index in [1.807, 2.05) is 18.7 Å². The van der Waals surface area contributed by atoms with Crippen LogP contribution < -0.4 is 5.69 Å². The normalized spacial score (nSPS) is 15.4.